The van der Waals surface area contributed by atoms with E-state index in [-0.39, 0.29) is 16.3 Å². The number of hydroxylamine groups is 1. The zero-order chi connectivity index (χ0) is 19.0. The van der Waals surface area contributed by atoms with Crippen molar-refractivity contribution < 1.29 is 43.1 Å². The van der Waals surface area contributed by atoms with Crippen LogP contribution in [0.15, 0.2) is 35.2 Å². The van der Waals surface area contributed by atoms with Gasteiger partial charge in [0.1, 0.15) is 5.75 Å². The summed E-state index contributed by atoms with van der Waals surface area (Å²) in [6.45, 7) is 0. The van der Waals surface area contributed by atoms with Crippen molar-refractivity contribution in [2.75, 3.05) is 0 Å². The lowest BCUT2D eigenvalue weighted by atomic mass is 9.84. The zero-order valence-electron chi connectivity index (χ0n) is 12.4. The quantitative estimate of drug-likeness (QED) is 0.309. The number of carbonyl (C=O) groups is 2. The third-order valence-corrected chi connectivity index (χ3v) is 4.51. The van der Waals surface area contributed by atoms with Gasteiger partial charge in [-0.2, -0.15) is 13.9 Å². The van der Waals surface area contributed by atoms with Crippen LogP contribution in [-0.4, -0.2) is 45.4 Å². The van der Waals surface area contributed by atoms with Crippen molar-refractivity contribution in [1.82, 2.24) is 5.48 Å². The van der Waals surface area contributed by atoms with Crippen molar-refractivity contribution in [3.05, 3.63) is 35.9 Å². The van der Waals surface area contributed by atoms with Gasteiger partial charge in [0.2, 0.25) is 0 Å². The largest absolute Gasteiger partial charge is 0.507 e. The molecular weight excluding hydrogens is 358 g/mol. The lowest BCUT2D eigenvalue weighted by Crippen LogP contribution is -2.49. The maximum absolute atomic E-state index is 11.7. The van der Waals surface area contributed by atoms with Gasteiger partial charge in [0.05, 0.1) is 11.3 Å². The second kappa shape index (κ2) is 6.29. The Hall–Kier alpha value is -2.73. The summed E-state index contributed by atoms with van der Waals surface area (Å²) >= 11 is 0. The number of aromatic hydroxyl groups is 1. The average molecular weight is 371 g/mol. The lowest BCUT2D eigenvalue weighted by Gasteiger charge is -2.28. The van der Waals surface area contributed by atoms with Gasteiger partial charge in [0.25, 0.3) is 10.1 Å². The Morgan fingerprint density at radius 1 is 1.12 bits per heavy atom. The Morgan fingerprint density at radius 3 is 2.24 bits per heavy atom. The highest BCUT2D eigenvalue weighted by Crippen LogP contribution is 2.37. The Morgan fingerprint density at radius 2 is 1.76 bits per heavy atom. The predicted molar refractivity (Wildman–Crippen MR) is 81.9 cm³/mol. The van der Waals surface area contributed by atoms with Gasteiger partial charge in [-0.3, -0.25) is 9.35 Å². The molecule has 2 aromatic carbocycles. The smallest absolute Gasteiger partial charge is 0.331 e. The van der Waals surface area contributed by atoms with Crippen LogP contribution in [0.1, 0.15) is 12.0 Å². The van der Waals surface area contributed by atoms with E-state index in [4.69, 9.17) is 9.66 Å². The summed E-state index contributed by atoms with van der Waals surface area (Å²) in [7, 11) is -4.74. The topological polar surface area (TPSA) is 181 Å². The zero-order valence-corrected chi connectivity index (χ0v) is 13.2. The molecule has 0 spiro atoms. The Balaban J connectivity index is 2.95. The molecule has 0 fully saturated rings. The number of hydrogen-bond donors (Lipinski definition) is 6. The van der Waals surface area contributed by atoms with Gasteiger partial charge < -0.3 is 20.5 Å². The van der Waals surface area contributed by atoms with Crippen LogP contribution in [0.3, 0.4) is 0 Å². The third-order valence-electron chi connectivity index (χ3n) is 3.68. The fraction of sp³-hybridized carbons (Fsp3) is 0.143. The molecule has 0 aromatic heterocycles. The van der Waals surface area contributed by atoms with Gasteiger partial charge in [0.15, 0.2) is 5.54 Å². The van der Waals surface area contributed by atoms with Crippen molar-refractivity contribution in [2.45, 2.75) is 16.9 Å². The molecule has 0 aliphatic rings. The van der Waals surface area contributed by atoms with E-state index in [0.717, 1.165) is 18.2 Å². The molecule has 25 heavy (non-hydrogen) atoms. The van der Waals surface area contributed by atoms with Crippen molar-refractivity contribution in [2.24, 2.45) is 0 Å². The number of carboxylic acid groups (broad SMARTS) is 2. The molecule has 0 saturated carbocycles. The molecule has 0 bridgehead atoms. The number of carboxylic acids is 2. The number of rotatable bonds is 6. The summed E-state index contributed by atoms with van der Waals surface area (Å²) in [5, 5.41) is 37.6. The normalized spacial score (nSPS) is 14.2. The van der Waals surface area contributed by atoms with E-state index in [1.165, 1.54) is 17.6 Å². The van der Waals surface area contributed by atoms with Gasteiger partial charge in [-0.1, -0.05) is 18.2 Å². The van der Waals surface area contributed by atoms with Gasteiger partial charge in [0, 0.05) is 11.5 Å². The first-order chi connectivity index (χ1) is 11.5. The van der Waals surface area contributed by atoms with Crippen molar-refractivity contribution in [3.8, 4) is 5.75 Å². The maximum atomic E-state index is 11.7. The molecule has 2 aromatic rings. The molecule has 11 heteroatoms. The molecule has 0 radical (unpaired) electrons. The van der Waals surface area contributed by atoms with Crippen LogP contribution in [-0.2, 0) is 25.2 Å². The first kappa shape index (κ1) is 18.6. The van der Waals surface area contributed by atoms with E-state index in [1.54, 1.807) is 0 Å². The minimum atomic E-state index is -4.74. The molecule has 0 aliphatic carbocycles. The summed E-state index contributed by atoms with van der Waals surface area (Å²) in [6.07, 6.45) is -1.09. The van der Waals surface area contributed by atoms with Crippen molar-refractivity contribution in [3.63, 3.8) is 0 Å². The number of hydrogen-bond acceptors (Lipinski definition) is 7. The van der Waals surface area contributed by atoms with E-state index < -0.39 is 44.7 Å². The second-order valence-electron chi connectivity index (χ2n) is 5.21. The van der Waals surface area contributed by atoms with E-state index >= 15 is 0 Å². The van der Waals surface area contributed by atoms with Crippen LogP contribution in [0, 0.1) is 0 Å². The summed E-state index contributed by atoms with van der Waals surface area (Å²) in [4.78, 5) is 22.0. The third kappa shape index (κ3) is 3.25. The highest BCUT2D eigenvalue weighted by atomic mass is 32.2. The predicted octanol–water partition coefficient (Wildman–Crippen LogP) is 0.526. The first-order valence-corrected chi connectivity index (χ1v) is 8.07. The summed E-state index contributed by atoms with van der Waals surface area (Å²) < 4.78 is 31.8. The van der Waals surface area contributed by atoms with E-state index in [9.17, 15) is 33.4 Å². The lowest BCUT2D eigenvalue weighted by molar-refractivity contribution is -0.157. The minimum Gasteiger partial charge on any atom is -0.507 e. The molecule has 10 nitrogen and oxygen atoms in total. The van der Waals surface area contributed by atoms with Crippen LogP contribution < -0.4 is 5.48 Å². The van der Waals surface area contributed by atoms with Crippen molar-refractivity contribution >= 4 is 32.8 Å². The number of phenols is 1. The van der Waals surface area contributed by atoms with E-state index in [0.29, 0.717) is 0 Å². The van der Waals surface area contributed by atoms with E-state index in [1.807, 2.05) is 0 Å². The van der Waals surface area contributed by atoms with Gasteiger partial charge in [-0.05, 0) is 17.0 Å². The molecule has 2 rings (SSSR count). The number of fused-ring (bicyclic) bond motifs is 1. The minimum absolute atomic E-state index is 0.00355. The number of benzene rings is 2. The molecule has 0 heterocycles. The summed E-state index contributed by atoms with van der Waals surface area (Å²) in [5.74, 6) is -3.89. The van der Waals surface area contributed by atoms with Gasteiger partial charge in [-0.25, -0.2) is 4.79 Å². The molecular formula is C14H13NO9S. The summed E-state index contributed by atoms with van der Waals surface area (Å²) in [5.41, 5.74) is -1.38. The average Bonchev–Trinajstić information content (AvgIpc) is 2.50. The maximum Gasteiger partial charge on any atom is 0.331 e. The highest BCUT2D eigenvalue weighted by molar-refractivity contribution is 7.85. The van der Waals surface area contributed by atoms with Crippen LogP contribution in [0.25, 0.3) is 10.8 Å². The van der Waals surface area contributed by atoms with Crippen LogP contribution in [0.4, 0.5) is 0 Å². The second-order valence-corrected chi connectivity index (χ2v) is 6.63. The highest BCUT2D eigenvalue weighted by Gasteiger charge is 2.44. The fourth-order valence-corrected chi connectivity index (χ4v) is 3.05. The first-order valence-electron chi connectivity index (χ1n) is 6.63. The van der Waals surface area contributed by atoms with Crippen molar-refractivity contribution in [1.29, 1.82) is 0 Å². The SMILES string of the molecule is O=C(O)C[C@](NO)(C(=O)O)c1cccc2c(O)cc(S(=O)(=O)O)cc12. The number of aliphatic carboxylic acids is 2. The monoisotopic (exact) mass is 371 g/mol. The molecule has 0 aliphatic heterocycles. The van der Waals surface area contributed by atoms with Gasteiger partial charge in [-0.15, -0.1) is 0 Å². The summed E-state index contributed by atoms with van der Waals surface area (Å²) in [6, 6.07) is 5.40. The number of phenolic OH excluding ortho intramolecular Hbond substituents is 1. The van der Waals surface area contributed by atoms with Gasteiger partial charge >= 0.3 is 11.9 Å². The molecule has 0 unspecified atom stereocenters. The molecule has 134 valence electrons. The Kier molecular flexibility index (Phi) is 4.68. The van der Waals surface area contributed by atoms with Crippen LogP contribution in [0.5, 0.6) is 5.75 Å². The molecule has 6 N–H and O–H groups in total. The van der Waals surface area contributed by atoms with Crippen LogP contribution >= 0.6 is 0 Å². The molecule has 1 atom stereocenters. The fourth-order valence-electron chi connectivity index (χ4n) is 2.52. The molecule has 0 amide bonds. The standard InChI is InChI=1S/C14H13NO9S/c16-11-5-7(25(22,23)24)4-9-8(11)2-1-3-10(9)14(15-21,13(19)20)6-12(17)18/h1-5,15-16,21H,6H2,(H,17,18)(H,19,20)(H,22,23,24)/t14-/m1/s1. The van der Waals surface area contributed by atoms with Crippen LogP contribution in [0.2, 0.25) is 0 Å². The molecule has 0 saturated heterocycles. The Labute approximate surface area is 140 Å². The number of nitrogens with one attached hydrogen (secondary N) is 1. The van der Waals surface area contributed by atoms with E-state index in [2.05, 4.69) is 0 Å². The Bertz CT molecular complexity index is 970.